The van der Waals surface area contributed by atoms with Crippen LogP contribution in [0.1, 0.15) is 15.9 Å². The van der Waals surface area contributed by atoms with Gasteiger partial charge < -0.3 is 16.4 Å². The van der Waals surface area contributed by atoms with E-state index in [1.54, 1.807) is 18.2 Å². The van der Waals surface area contributed by atoms with Crippen LogP contribution in [0.15, 0.2) is 83.6 Å². The van der Waals surface area contributed by atoms with E-state index in [0.717, 1.165) is 26.8 Å². The summed E-state index contributed by atoms with van der Waals surface area (Å²) in [4.78, 5) is 26.0. The van der Waals surface area contributed by atoms with Gasteiger partial charge in [-0.25, -0.2) is 15.0 Å². The van der Waals surface area contributed by atoms with Gasteiger partial charge in [-0.1, -0.05) is 40.2 Å². The van der Waals surface area contributed by atoms with Gasteiger partial charge in [0.1, 0.15) is 18.0 Å². The molecule has 0 aliphatic heterocycles. The van der Waals surface area contributed by atoms with Crippen molar-refractivity contribution in [2.24, 2.45) is 0 Å². The van der Waals surface area contributed by atoms with Gasteiger partial charge in [-0.2, -0.15) is 0 Å². The highest BCUT2D eigenvalue weighted by Gasteiger charge is 2.16. The first kappa shape index (κ1) is 21.6. The molecule has 1 amide bonds. The molecule has 0 radical (unpaired) electrons. The Balaban J connectivity index is 1.52. The fraction of sp³-hybridized carbons (Fsp3) is 0.0400. The van der Waals surface area contributed by atoms with Crippen molar-refractivity contribution in [3.63, 3.8) is 0 Å². The quantitative estimate of drug-likeness (QED) is 0.287. The first-order valence-corrected chi connectivity index (χ1v) is 11.3. The molecule has 34 heavy (non-hydrogen) atoms. The summed E-state index contributed by atoms with van der Waals surface area (Å²) in [5, 5.41) is 6.31. The minimum Gasteiger partial charge on any atom is -0.384 e. The van der Waals surface area contributed by atoms with Gasteiger partial charge in [0.25, 0.3) is 5.91 Å². The number of rotatable bonds is 5. The predicted molar refractivity (Wildman–Crippen MR) is 138 cm³/mol. The van der Waals surface area contributed by atoms with E-state index >= 15 is 0 Å². The number of benzene rings is 3. The van der Waals surface area contributed by atoms with Crippen molar-refractivity contribution in [1.29, 1.82) is 0 Å². The summed E-state index contributed by atoms with van der Waals surface area (Å²) >= 11 is 3.42. The van der Waals surface area contributed by atoms with Gasteiger partial charge in [0.05, 0.1) is 11.0 Å². The summed E-state index contributed by atoms with van der Waals surface area (Å²) in [6.45, 7) is 1.97. The van der Waals surface area contributed by atoms with Crippen LogP contribution >= 0.6 is 15.9 Å². The number of imidazole rings is 1. The number of anilines is 4. The van der Waals surface area contributed by atoms with Crippen molar-refractivity contribution < 1.29 is 4.79 Å². The van der Waals surface area contributed by atoms with Crippen LogP contribution in [0.25, 0.3) is 16.9 Å². The molecule has 0 spiro atoms. The molecule has 0 atom stereocenters. The summed E-state index contributed by atoms with van der Waals surface area (Å²) in [5.74, 6) is 1.28. The Bertz CT molecular complexity index is 1530. The number of nitrogens with zero attached hydrogens (tertiary/aromatic N) is 4. The molecule has 0 aliphatic rings. The topological polar surface area (TPSA) is 111 Å². The molecule has 0 aliphatic carbocycles. The zero-order valence-corrected chi connectivity index (χ0v) is 19.7. The van der Waals surface area contributed by atoms with Crippen molar-refractivity contribution in [3.8, 4) is 5.82 Å². The average molecular weight is 514 g/mol. The molecular formula is C25H20BrN7O. The molecule has 0 saturated carbocycles. The van der Waals surface area contributed by atoms with Crippen molar-refractivity contribution in [2.45, 2.75) is 6.92 Å². The predicted octanol–water partition coefficient (Wildman–Crippen LogP) is 5.46. The van der Waals surface area contributed by atoms with Crippen LogP contribution in [-0.4, -0.2) is 25.4 Å². The summed E-state index contributed by atoms with van der Waals surface area (Å²) < 4.78 is 2.77. The maximum absolute atomic E-state index is 12.9. The number of carbonyl (C=O) groups is 1. The lowest BCUT2D eigenvalue weighted by atomic mass is 10.1. The fourth-order valence-electron chi connectivity index (χ4n) is 3.61. The number of amides is 1. The number of aromatic nitrogens is 4. The molecule has 2 aromatic heterocycles. The lowest BCUT2D eigenvalue weighted by Gasteiger charge is -2.13. The first-order chi connectivity index (χ1) is 16.5. The molecule has 5 aromatic rings. The third-order valence-corrected chi connectivity index (χ3v) is 5.79. The third kappa shape index (κ3) is 4.33. The Morgan fingerprint density at radius 3 is 2.68 bits per heavy atom. The number of hydrogen-bond donors (Lipinski definition) is 3. The van der Waals surface area contributed by atoms with Gasteiger partial charge in [-0.05, 0) is 55.0 Å². The van der Waals surface area contributed by atoms with E-state index in [2.05, 4.69) is 36.5 Å². The molecule has 3 aromatic carbocycles. The lowest BCUT2D eigenvalue weighted by Crippen LogP contribution is -2.12. The van der Waals surface area contributed by atoms with Crippen LogP contribution < -0.4 is 16.4 Å². The van der Waals surface area contributed by atoms with Gasteiger partial charge in [0.15, 0.2) is 0 Å². The number of carbonyl (C=O) groups excluding carboxylic acids is 1. The van der Waals surface area contributed by atoms with Gasteiger partial charge in [-0.15, -0.1) is 0 Å². The summed E-state index contributed by atoms with van der Waals surface area (Å²) in [6, 6.07) is 22.4. The maximum Gasteiger partial charge on any atom is 0.255 e. The zero-order chi connectivity index (χ0) is 23.7. The molecule has 8 nitrogen and oxygen atoms in total. The molecule has 5 rings (SSSR count). The molecule has 0 fully saturated rings. The third-order valence-electron chi connectivity index (χ3n) is 5.29. The summed E-state index contributed by atoms with van der Waals surface area (Å²) in [5.41, 5.74) is 10.5. The minimum absolute atomic E-state index is 0.210. The minimum atomic E-state index is -0.210. The highest BCUT2D eigenvalue weighted by molar-refractivity contribution is 9.10. The van der Waals surface area contributed by atoms with Crippen molar-refractivity contribution in [1.82, 2.24) is 19.5 Å². The Labute approximate surface area is 204 Å². The number of para-hydroxylation sites is 2. The Kier molecular flexibility index (Phi) is 5.69. The number of nitrogens with two attached hydrogens (primary N) is 1. The molecular weight excluding hydrogens is 494 g/mol. The molecule has 168 valence electrons. The molecule has 4 N–H and O–H groups in total. The fourth-order valence-corrected chi connectivity index (χ4v) is 4.01. The van der Waals surface area contributed by atoms with E-state index in [-0.39, 0.29) is 5.91 Å². The van der Waals surface area contributed by atoms with Crippen LogP contribution in [-0.2, 0) is 0 Å². The maximum atomic E-state index is 12.9. The first-order valence-electron chi connectivity index (χ1n) is 10.5. The van der Waals surface area contributed by atoms with Crippen LogP contribution in [0.2, 0.25) is 0 Å². The number of hydrogen-bond acceptors (Lipinski definition) is 6. The molecule has 0 bridgehead atoms. The number of fused-ring (bicyclic) bond motifs is 1. The van der Waals surface area contributed by atoms with E-state index in [0.29, 0.717) is 28.8 Å². The number of nitrogens with one attached hydrogen (secondary N) is 2. The highest BCUT2D eigenvalue weighted by atomic mass is 79.9. The zero-order valence-electron chi connectivity index (χ0n) is 18.2. The largest absolute Gasteiger partial charge is 0.384 e. The van der Waals surface area contributed by atoms with Gasteiger partial charge in [0, 0.05) is 27.5 Å². The second-order valence-corrected chi connectivity index (χ2v) is 8.60. The van der Waals surface area contributed by atoms with E-state index < -0.39 is 0 Å². The standard InChI is InChI=1S/C25H20BrN7O/c1-15-9-10-16(24(34)30-18-6-4-5-17(26)12-18)11-20(15)32-25-31-19-7-2-3-8-21(19)33(25)23-13-22(27)28-14-29-23/h2-14H,1H3,(H,30,34)(H,31,32)(H2,27,28,29). The Morgan fingerprint density at radius 2 is 1.85 bits per heavy atom. The number of aryl methyl sites for hydroxylation is 1. The Morgan fingerprint density at radius 1 is 1.00 bits per heavy atom. The van der Waals surface area contributed by atoms with Crippen LogP contribution in [0.3, 0.4) is 0 Å². The van der Waals surface area contributed by atoms with Crippen LogP contribution in [0.5, 0.6) is 0 Å². The van der Waals surface area contributed by atoms with E-state index in [1.165, 1.54) is 6.33 Å². The normalized spacial score (nSPS) is 10.9. The summed E-state index contributed by atoms with van der Waals surface area (Å²) in [7, 11) is 0. The second-order valence-electron chi connectivity index (χ2n) is 7.68. The second kappa shape index (κ2) is 8.95. The van der Waals surface area contributed by atoms with Crippen molar-refractivity contribution in [3.05, 3.63) is 94.7 Å². The van der Waals surface area contributed by atoms with E-state index in [4.69, 9.17) is 10.7 Å². The number of halogens is 1. The van der Waals surface area contributed by atoms with Gasteiger partial charge >= 0.3 is 0 Å². The lowest BCUT2D eigenvalue weighted by molar-refractivity contribution is 0.102. The van der Waals surface area contributed by atoms with Crippen LogP contribution in [0.4, 0.5) is 23.1 Å². The molecule has 2 heterocycles. The number of nitrogen functional groups attached to an aromatic ring is 1. The van der Waals surface area contributed by atoms with Crippen molar-refractivity contribution >= 4 is 56.0 Å². The highest BCUT2D eigenvalue weighted by Crippen LogP contribution is 2.28. The Hall–Kier alpha value is -4.24. The monoisotopic (exact) mass is 513 g/mol. The summed E-state index contributed by atoms with van der Waals surface area (Å²) in [6.07, 6.45) is 1.42. The van der Waals surface area contributed by atoms with Crippen LogP contribution in [0, 0.1) is 6.92 Å². The smallest absolute Gasteiger partial charge is 0.255 e. The molecule has 0 saturated heterocycles. The van der Waals surface area contributed by atoms with Gasteiger partial charge in [-0.3, -0.25) is 9.36 Å². The van der Waals surface area contributed by atoms with Crippen molar-refractivity contribution in [2.75, 3.05) is 16.4 Å². The van der Waals surface area contributed by atoms with E-state index in [9.17, 15) is 4.79 Å². The molecule has 9 heteroatoms. The van der Waals surface area contributed by atoms with Gasteiger partial charge in [0.2, 0.25) is 5.95 Å². The van der Waals surface area contributed by atoms with E-state index in [1.807, 2.05) is 66.1 Å². The molecule has 0 unspecified atom stereocenters. The SMILES string of the molecule is Cc1ccc(C(=O)Nc2cccc(Br)c2)cc1Nc1nc2ccccc2n1-c1cc(N)ncn1. The average Bonchev–Trinajstić information content (AvgIpc) is 3.18.